The van der Waals surface area contributed by atoms with Crippen molar-refractivity contribution in [2.75, 3.05) is 0 Å². The molecule has 3 nitrogen and oxygen atoms in total. The molecule has 0 aliphatic carbocycles. The monoisotopic (exact) mass is 266 g/mol. The van der Waals surface area contributed by atoms with Gasteiger partial charge in [0.1, 0.15) is 17.3 Å². The number of fused-ring (bicyclic) bond motifs is 1. The fourth-order valence-corrected chi connectivity index (χ4v) is 2.13. The summed E-state index contributed by atoms with van der Waals surface area (Å²) in [5.41, 5.74) is 1.30. The van der Waals surface area contributed by atoms with E-state index < -0.39 is 5.82 Å². The molecule has 0 radical (unpaired) electrons. The molecule has 0 fully saturated rings. The fraction of sp³-hybridized carbons (Fsp3) is 0.0625. The lowest BCUT2D eigenvalue weighted by Crippen LogP contribution is -2.07. The van der Waals surface area contributed by atoms with E-state index in [0.29, 0.717) is 22.4 Å². The number of benzene rings is 2. The van der Waals surface area contributed by atoms with Crippen LogP contribution in [0.15, 0.2) is 48.5 Å². The minimum absolute atomic E-state index is 0.285. The Bertz CT molecular complexity index is 814. The van der Waals surface area contributed by atoms with E-state index in [2.05, 4.69) is 9.97 Å². The zero-order valence-corrected chi connectivity index (χ0v) is 10.8. The molecule has 0 aliphatic heterocycles. The summed E-state index contributed by atoms with van der Waals surface area (Å²) in [7, 11) is 0. The number of ketones is 1. The van der Waals surface area contributed by atoms with Crippen molar-refractivity contribution in [1.82, 2.24) is 9.97 Å². The summed E-state index contributed by atoms with van der Waals surface area (Å²) in [6.07, 6.45) is 0. The van der Waals surface area contributed by atoms with Gasteiger partial charge in [0.25, 0.3) is 0 Å². The molecule has 0 saturated heterocycles. The van der Waals surface area contributed by atoms with Gasteiger partial charge in [0.2, 0.25) is 5.78 Å². The molecule has 3 aromatic rings. The summed E-state index contributed by atoms with van der Waals surface area (Å²) in [6, 6.07) is 12.9. The van der Waals surface area contributed by atoms with Gasteiger partial charge in [0.15, 0.2) is 0 Å². The Kier molecular flexibility index (Phi) is 2.99. The molecule has 0 unspecified atom stereocenters. The molecule has 0 spiro atoms. The largest absolute Gasteiger partial charge is 0.287 e. The van der Waals surface area contributed by atoms with Crippen LogP contribution in [-0.2, 0) is 0 Å². The van der Waals surface area contributed by atoms with Crippen LogP contribution >= 0.6 is 0 Å². The zero-order valence-electron chi connectivity index (χ0n) is 10.8. The number of nitrogens with zero attached hydrogens (tertiary/aromatic N) is 2. The molecule has 0 atom stereocenters. The van der Waals surface area contributed by atoms with Gasteiger partial charge < -0.3 is 0 Å². The van der Waals surface area contributed by atoms with Crippen LogP contribution in [0.5, 0.6) is 0 Å². The molecule has 98 valence electrons. The summed E-state index contributed by atoms with van der Waals surface area (Å²) in [5.74, 6) is -0.222. The Morgan fingerprint density at radius 3 is 2.65 bits per heavy atom. The van der Waals surface area contributed by atoms with Crippen molar-refractivity contribution in [1.29, 1.82) is 0 Å². The molecule has 20 heavy (non-hydrogen) atoms. The van der Waals surface area contributed by atoms with E-state index in [4.69, 9.17) is 0 Å². The third kappa shape index (κ3) is 2.16. The number of aryl methyl sites for hydroxylation is 1. The SMILES string of the molecule is Cc1nc(C(=O)c2cccc(F)c2)c2ccccc2n1. The topological polar surface area (TPSA) is 42.9 Å². The molecule has 0 saturated carbocycles. The highest BCUT2D eigenvalue weighted by atomic mass is 19.1. The molecule has 3 rings (SSSR count). The van der Waals surface area contributed by atoms with E-state index in [0.717, 1.165) is 0 Å². The lowest BCUT2D eigenvalue weighted by molar-refractivity contribution is 0.103. The molecule has 0 bridgehead atoms. The maximum Gasteiger partial charge on any atom is 0.212 e. The molecule has 2 aromatic carbocycles. The minimum Gasteiger partial charge on any atom is -0.287 e. The zero-order chi connectivity index (χ0) is 14.1. The van der Waals surface area contributed by atoms with Crippen LogP contribution in [0.1, 0.15) is 21.9 Å². The van der Waals surface area contributed by atoms with Crippen LogP contribution in [0.3, 0.4) is 0 Å². The summed E-state index contributed by atoms with van der Waals surface area (Å²) in [5, 5.41) is 0.673. The number of para-hydroxylation sites is 1. The number of carbonyl (C=O) groups is 1. The lowest BCUT2D eigenvalue weighted by Gasteiger charge is -2.06. The Balaban J connectivity index is 2.21. The summed E-state index contributed by atoms with van der Waals surface area (Å²) < 4.78 is 13.3. The summed E-state index contributed by atoms with van der Waals surface area (Å²) >= 11 is 0. The third-order valence-corrected chi connectivity index (χ3v) is 3.02. The molecule has 1 heterocycles. The molecular weight excluding hydrogens is 255 g/mol. The smallest absolute Gasteiger partial charge is 0.212 e. The standard InChI is InChI=1S/C16H11FN2O/c1-10-18-14-8-3-2-7-13(14)15(19-10)16(20)11-5-4-6-12(17)9-11/h2-9H,1H3. The van der Waals surface area contributed by atoms with Crippen molar-refractivity contribution in [3.8, 4) is 0 Å². The second-order valence-electron chi connectivity index (χ2n) is 4.48. The van der Waals surface area contributed by atoms with Crippen molar-refractivity contribution in [3.05, 3.63) is 71.4 Å². The number of rotatable bonds is 2. The van der Waals surface area contributed by atoms with Gasteiger partial charge >= 0.3 is 0 Å². The summed E-state index contributed by atoms with van der Waals surface area (Å²) in [6.45, 7) is 1.73. The van der Waals surface area contributed by atoms with Gasteiger partial charge in [-0.3, -0.25) is 4.79 Å². The molecule has 1 aromatic heterocycles. The Morgan fingerprint density at radius 2 is 1.85 bits per heavy atom. The first kappa shape index (κ1) is 12.4. The van der Waals surface area contributed by atoms with E-state index >= 15 is 0 Å². The minimum atomic E-state index is -0.439. The normalized spacial score (nSPS) is 10.7. The molecule has 0 amide bonds. The van der Waals surface area contributed by atoms with Gasteiger partial charge in [-0.15, -0.1) is 0 Å². The van der Waals surface area contributed by atoms with Gasteiger partial charge in [0.05, 0.1) is 5.52 Å². The lowest BCUT2D eigenvalue weighted by atomic mass is 10.0. The molecule has 0 aliphatic rings. The maximum absolute atomic E-state index is 13.3. The second-order valence-corrected chi connectivity index (χ2v) is 4.48. The highest BCUT2D eigenvalue weighted by Gasteiger charge is 2.16. The van der Waals surface area contributed by atoms with Gasteiger partial charge in [-0.1, -0.05) is 30.3 Å². The van der Waals surface area contributed by atoms with Crippen LogP contribution in [-0.4, -0.2) is 15.8 Å². The van der Waals surface area contributed by atoms with Gasteiger partial charge in [0, 0.05) is 10.9 Å². The highest BCUT2D eigenvalue weighted by Crippen LogP contribution is 2.19. The van der Waals surface area contributed by atoms with Crippen LogP contribution in [0.4, 0.5) is 4.39 Å². The first-order chi connectivity index (χ1) is 9.65. The number of hydrogen-bond donors (Lipinski definition) is 0. The summed E-state index contributed by atoms with van der Waals surface area (Å²) in [4.78, 5) is 21.0. The van der Waals surface area contributed by atoms with Gasteiger partial charge in [-0.25, -0.2) is 14.4 Å². The quantitative estimate of drug-likeness (QED) is 0.668. The third-order valence-electron chi connectivity index (χ3n) is 3.02. The Labute approximate surface area is 115 Å². The van der Waals surface area contributed by atoms with Crippen LogP contribution in [0.2, 0.25) is 0 Å². The van der Waals surface area contributed by atoms with Crippen molar-refractivity contribution in [2.45, 2.75) is 6.92 Å². The van der Waals surface area contributed by atoms with E-state index in [1.54, 1.807) is 19.1 Å². The van der Waals surface area contributed by atoms with E-state index in [9.17, 15) is 9.18 Å². The molecule has 4 heteroatoms. The van der Waals surface area contributed by atoms with Crippen molar-refractivity contribution in [3.63, 3.8) is 0 Å². The molecule has 0 N–H and O–H groups in total. The fourth-order valence-electron chi connectivity index (χ4n) is 2.13. The first-order valence-electron chi connectivity index (χ1n) is 6.19. The maximum atomic E-state index is 13.3. The number of aromatic nitrogens is 2. The number of halogens is 1. The Hall–Kier alpha value is -2.62. The Morgan fingerprint density at radius 1 is 1.05 bits per heavy atom. The predicted molar refractivity (Wildman–Crippen MR) is 74.1 cm³/mol. The highest BCUT2D eigenvalue weighted by molar-refractivity contribution is 6.14. The van der Waals surface area contributed by atoms with Crippen molar-refractivity contribution in [2.24, 2.45) is 0 Å². The first-order valence-corrected chi connectivity index (χ1v) is 6.19. The van der Waals surface area contributed by atoms with Crippen molar-refractivity contribution >= 4 is 16.7 Å². The number of carbonyl (C=O) groups excluding carboxylic acids is 1. The van der Waals surface area contributed by atoms with Gasteiger partial charge in [-0.05, 0) is 25.1 Å². The second kappa shape index (κ2) is 4.81. The van der Waals surface area contributed by atoms with E-state index in [1.807, 2.05) is 18.2 Å². The van der Waals surface area contributed by atoms with Crippen LogP contribution < -0.4 is 0 Å². The van der Waals surface area contributed by atoms with Crippen molar-refractivity contribution < 1.29 is 9.18 Å². The van der Waals surface area contributed by atoms with Crippen LogP contribution in [0.25, 0.3) is 10.9 Å². The van der Waals surface area contributed by atoms with E-state index in [-0.39, 0.29) is 11.3 Å². The van der Waals surface area contributed by atoms with Crippen LogP contribution in [0, 0.1) is 12.7 Å². The average molecular weight is 266 g/mol. The van der Waals surface area contributed by atoms with E-state index in [1.165, 1.54) is 18.2 Å². The average Bonchev–Trinajstić information content (AvgIpc) is 2.45. The predicted octanol–water partition coefficient (Wildman–Crippen LogP) is 3.31. The van der Waals surface area contributed by atoms with Gasteiger partial charge in [-0.2, -0.15) is 0 Å². The number of hydrogen-bond acceptors (Lipinski definition) is 3. The molecular formula is C16H11FN2O.